The molecule has 1 aromatic rings. The molecule has 0 aromatic heterocycles. The maximum absolute atomic E-state index is 9.32. The first-order valence-electron chi connectivity index (χ1n) is 4.93. The minimum Gasteiger partial charge on any atom is -0.488 e. The van der Waals surface area contributed by atoms with Gasteiger partial charge < -0.3 is 9.84 Å². The van der Waals surface area contributed by atoms with E-state index >= 15 is 0 Å². The minimum atomic E-state index is -0.449. The standard InChI is InChI=1S/C12H18O2/c1-8-6-5-7-12(9(8)2)14-11(4)10(3)13/h5-7,10-11,13H,1-4H3/t10-,11?/m0/s1. The average Bonchev–Trinajstić information content (AvgIpc) is 2.12. The zero-order valence-electron chi connectivity index (χ0n) is 9.24. The minimum absolute atomic E-state index is 0.171. The number of hydrogen-bond donors (Lipinski definition) is 1. The van der Waals surface area contributed by atoms with Crippen LogP contribution in [0.15, 0.2) is 18.2 Å². The Morgan fingerprint density at radius 1 is 1.21 bits per heavy atom. The van der Waals surface area contributed by atoms with Crippen molar-refractivity contribution < 1.29 is 9.84 Å². The molecule has 0 spiro atoms. The van der Waals surface area contributed by atoms with Crippen molar-refractivity contribution in [2.45, 2.75) is 39.9 Å². The fourth-order valence-electron chi connectivity index (χ4n) is 1.15. The van der Waals surface area contributed by atoms with Gasteiger partial charge in [0.2, 0.25) is 0 Å². The summed E-state index contributed by atoms with van der Waals surface area (Å²) in [5.41, 5.74) is 2.35. The molecule has 0 bridgehead atoms. The van der Waals surface area contributed by atoms with E-state index in [2.05, 4.69) is 13.0 Å². The Balaban J connectivity index is 2.82. The molecule has 0 fully saturated rings. The van der Waals surface area contributed by atoms with Crippen molar-refractivity contribution in [2.24, 2.45) is 0 Å². The molecule has 0 saturated heterocycles. The number of benzene rings is 1. The highest BCUT2D eigenvalue weighted by Crippen LogP contribution is 2.22. The lowest BCUT2D eigenvalue weighted by molar-refractivity contribution is 0.0600. The first kappa shape index (κ1) is 11.1. The zero-order chi connectivity index (χ0) is 10.7. The Labute approximate surface area is 85.5 Å². The van der Waals surface area contributed by atoms with Gasteiger partial charge in [-0.15, -0.1) is 0 Å². The molecule has 2 heteroatoms. The van der Waals surface area contributed by atoms with Gasteiger partial charge in [-0.1, -0.05) is 12.1 Å². The molecule has 1 aromatic carbocycles. The second-order valence-electron chi connectivity index (χ2n) is 3.76. The van der Waals surface area contributed by atoms with Crippen LogP contribution in [0.25, 0.3) is 0 Å². The summed E-state index contributed by atoms with van der Waals surface area (Å²) in [6, 6.07) is 5.95. The van der Waals surface area contributed by atoms with E-state index in [9.17, 15) is 5.11 Å². The number of aliphatic hydroxyl groups excluding tert-OH is 1. The molecular weight excluding hydrogens is 176 g/mol. The molecule has 0 aliphatic heterocycles. The van der Waals surface area contributed by atoms with E-state index in [0.717, 1.165) is 11.3 Å². The van der Waals surface area contributed by atoms with Crippen molar-refractivity contribution in [1.29, 1.82) is 0 Å². The van der Waals surface area contributed by atoms with Crippen LogP contribution in [-0.4, -0.2) is 17.3 Å². The summed E-state index contributed by atoms with van der Waals surface area (Å²) in [5, 5.41) is 9.32. The van der Waals surface area contributed by atoms with Gasteiger partial charge in [0.05, 0.1) is 6.10 Å². The lowest BCUT2D eigenvalue weighted by atomic mass is 10.1. The van der Waals surface area contributed by atoms with Gasteiger partial charge in [-0.05, 0) is 44.9 Å². The monoisotopic (exact) mass is 194 g/mol. The van der Waals surface area contributed by atoms with Gasteiger partial charge in [-0.2, -0.15) is 0 Å². The quantitative estimate of drug-likeness (QED) is 0.801. The van der Waals surface area contributed by atoms with Crippen molar-refractivity contribution in [3.63, 3.8) is 0 Å². The number of hydrogen-bond acceptors (Lipinski definition) is 2. The Hall–Kier alpha value is -1.02. The number of aliphatic hydroxyl groups is 1. The highest BCUT2D eigenvalue weighted by Gasteiger charge is 2.11. The van der Waals surface area contributed by atoms with E-state index in [1.165, 1.54) is 5.56 Å². The highest BCUT2D eigenvalue weighted by molar-refractivity contribution is 5.38. The molecule has 1 rings (SSSR count). The predicted octanol–water partition coefficient (Wildman–Crippen LogP) is 2.45. The first-order valence-corrected chi connectivity index (χ1v) is 4.93. The summed E-state index contributed by atoms with van der Waals surface area (Å²) < 4.78 is 5.64. The van der Waals surface area contributed by atoms with E-state index in [1.54, 1.807) is 6.92 Å². The van der Waals surface area contributed by atoms with Crippen LogP contribution < -0.4 is 4.74 Å². The number of aryl methyl sites for hydroxylation is 1. The number of ether oxygens (including phenoxy) is 1. The van der Waals surface area contributed by atoms with Gasteiger partial charge in [-0.3, -0.25) is 0 Å². The second-order valence-corrected chi connectivity index (χ2v) is 3.76. The van der Waals surface area contributed by atoms with Crippen molar-refractivity contribution in [3.05, 3.63) is 29.3 Å². The predicted molar refractivity (Wildman–Crippen MR) is 57.7 cm³/mol. The van der Waals surface area contributed by atoms with E-state index in [-0.39, 0.29) is 6.10 Å². The fraction of sp³-hybridized carbons (Fsp3) is 0.500. The van der Waals surface area contributed by atoms with Crippen molar-refractivity contribution >= 4 is 0 Å². The molecule has 2 atom stereocenters. The molecular formula is C12H18O2. The Morgan fingerprint density at radius 3 is 2.43 bits per heavy atom. The third-order valence-corrected chi connectivity index (χ3v) is 2.55. The molecule has 1 N–H and O–H groups in total. The average molecular weight is 194 g/mol. The molecule has 1 unspecified atom stereocenters. The van der Waals surface area contributed by atoms with Gasteiger partial charge in [0.1, 0.15) is 11.9 Å². The van der Waals surface area contributed by atoms with Crippen LogP contribution in [0.4, 0.5) is 0 Å². The fourth-order valence-corrected chi connectivity index (χ4v) is 1.15. The summed E-state index contributed by atoms with van der Waals surface area (Å²) in [4.78, 5) is 0. The lowest BCUT2D eigenvalue weighted by Gasteiger charge is -2.19. The molecule has 78 valence electrons. The van der Waals surface area contributed by atoms with Crippen molar-refractivity contribution in [1.82, 2.24) is 0 Å². The summed E-state index contributed by atoms with van der Waals surface area (Å²) in [5.74, 6) is 0.860. The number of rotatable bonds is 3. The van der Waals surface area contributed by atoms with Gasteiger partial charge in [0.15, 0.2) is 0 Å². The third-order valence-electron chi connectivity index (χ3n) is 2.55. The first-order chi connectivity index (χ1) is 6.52. The molecule has 0 radical (unpaired) electrons. The molecule has 0 saturated carbocycles. The van der Waals surface area contributed by atoms with Crippen molar-refractivity contribution in [3.8, 4) is 5.75 Å². The molecule has 2 nitrogen and oxygen atoms in total. The van der Waals surface area contributed by atoms with Crippen LogP contribution in [-0.2, 0) is 0 Å². The third kappa shape index (κ3) is 2.48. The maximum atomic E-state index is 9.32. The summed E-state index contributed by atoms with van der Waals surface area (Å²) >= 11 is 0. The van der Waals surface area contributed by atoms with Gasteiger partial charge in [-0.25, -0.2) is 0 Å². The smallest absolute Gasteiger partial charge is 0.123 e. The van der Waals surface area contributed by atoms with E-state index in [0.29, 0.717) is 0 Å². The summed E-state index contributed by atoms with van der Waals surface area (Å²) in [7, 11) is 0. The summed E-state index contributed by atoms with van der Waals surface area (Å²) in [6.45, 7) is 7.68. The van der Waals surface area contributed by atoms with E-state index in [4.69, 9.17) is 4.74 Å². The zero-order valence-corrected chi connectivity index (χ0v) is 9.24. The molecule has 0 aliphatic rings. The van der Waals surface area contributed by atoms with Crippen LogP contribution >= 0.6 is 0 Å². The lowest BCUT2D eigenvalue weighted by Crippen LogP contribution is -2.25. The van der Waals surface area contributed by atoms with Crippen LogP contribution in [0.5, 0.6) is 5.75 Å². The SMILES string of the molecule is Cc1cccc(OC(C)[C@H](C)O)c1C. The van der Waals surface area contributed by atoms with Crippen LogP contribution in [0.1, 0.15) is 25.0 Å². The Bertz CT molecular complexity index is 305. The van der Waals surface area contributed by atoms with Crippen molar-refractivity contribution in [2.75, 3.05) is 0 Å². The second kappa shape index (κ2) is 4.47. The van der Waals surface area contributed by atoms with Gasteiger partial charge in [0.25, 0.3) is 0 Å². The topological polar surface area (TPSA) is 29.5 Å². The maximum Gasteiger partial charge on any atom is 0.123 e. The molecule has 14 heavy (non-hydrogen) atoms. The van der Waals surface area contributed by atoms with Gasteiger partial charge in [0, 0.05) is 0 Å². The van der Waals surface area contributed by atoms with Crippen LogP contribution in [0, 0.1) is 13.8 Å². The molecule has 0 heterocycles. The Morgan fingerprint density at radius 2 is 1.86 bits per heavy atom. The molecule has 0 aliphatic carbocycles. The van der Waals surface area contributed by atoms with E-state index in [1.807, 2.05) is 26.0 Å². The van der Waals surface area contributed by atoms with Crippen LogP contribution in [0.2, 0.25) is 0 Å². The largest absolute Gasteiger partial charge is 0.488 e. The normalized spacial score (nSPS) is 14.9. The molecule has 0 amide bonds. The Kier molecular flexibility index (Phi) is 3.53. The summed E-state index contributed by atoms with van der Waals surface area (Å²) in [6.07, 6.45) is -0.620. The van der Waals surface area contributed by atoms with E-state index < -0.39 is 6.10 Å². The highest BCUT2D eigenvalue weighted by atomic mass is 16.5. The van der Waals surface area contributed by atoms with Crippen LogP contribution in [0.3, 0.4) is 0 Å². The van der Waals surface area contributed by atoms with Gasteiger partial charge >= 0.3 is 0 Å².